The van der Waals surface area contributed by atoms with E-state index in [1.165, 1.54) is 7.11 Å². The highest BCUT2D eigenvalue weighted by atomic mass is 16.5. The van der Waals surface area contributed by atoms with E-state index in [2.05, 4.69) is 16.0 Å². The van der Waals surface area contributed by atoms with Crippen molar-refractivity contribution in [2.45, 2.75) is 19.9 Å². The van der Waals surface area contributed by atoms with E-state index in [-0.39, 0.29) is 24.4 Å². The molecule has 7 nitrogen and oxygen atoms in total. The third-order valence-electron chi connectivity index (χ3n) is 3.68. The Morgan fingerprint density at radius 3 is 2.48 bits per heavy atom. The molecular formula is C20H25N3O4. The number of ether oxygens (including phenoxy) is 2. The quantitative estimate of drug-likeness (QED) is 0.664. The van der Waals surface area contributed by atoms with Gasteiger partial charge < -0.3 is 25.4 Å². The number of nitrogens with one attached hydrogen (secondary N) is 3. The maximum atomic E-state index is 12.3. The Morgan fingerprint density at radius 1 is 1.04 bits per heavy atom. The molecule has 0 aliphatic carbocycles. The molecule has 0 radical (unpaired) electrons. The van der Waals surface area contributed by atoms with Crippen molar-refractivity contribution in [3.63, 3.8) is 0 Å². The molecule has 0 spiro atoms. The van der Waals surface area contributed by atoms with Gasteiger partial charge in [0.05, 0.1) is 26.5 Å². The lowest BCUT2D eigenvalue weighted by Crippen LogP contribution is -2.30. The largest absolute Gasteiger partial charge is 0.497 e. The normalized spacial score (nSPS) is 10.3. The van der Waals surface area contributed by atoms with Crippen LogP contribution in [0.3, 0.4) is 0 Å². The number of hydrogen-bond acceptors (Lipinski definition) is 5. The summed E-state index contributed by atoms with van der Waals surface area (Å²) in [5.41, 5.74) is 1.73. The molecule has 2 aromatic rings. The summed E-state index contributed by atoms with van der Waals surface area (Å²) in [5.74, 6) is 0.747. The van der Waals surface area contributed by atoms with E-state index in [1.54, 1.807) is 49.6 Å². The van der Waals surface area contributed by atoms with Gasteiger partial charge >= 0.3 is 0 Å². The Labute approximate surface area is 159 Å². The Balaban J connectivity index is 1.99. The number of methoxy groups -OCH3 is 2. The predicted octanol–water partition coefficient (Wildman–Crippen LogP) is 2.89. The van der Waals surface area contributed by atoms with E-state index in [1.807, 2.05) is 13.8 Å². The van der Waals surface area contributed by atoms with Gasteiger partial charge in [-0.2, -0.15) is 0 Å². The van der Waals surface area contributed by atoms with Crippen molar-refractivity contribution < 1.29 is 19.1 Å². The van der Waals surface area contributed by atoms with Crippen molar-refractivity contribution in [2.75, 3.05) is 31.4 Å². The molecule has 2 rings (SSSR count). The molecule has 27 heavy (non-hydrogen) atoms. The van der Waals surface area contributed by atoms with Crippen molar-refractivity contribution in [1.82, 2.24) is 5.32 Å². The van der Waals surface area contributed by atoms with Crippen molar-refractivity contribution in [1.29, 1.82) is 0 Å². The van der Waals surface area contributed by atoms with E-state index in [9.17, 15) is 9.59 Å². The minimum Gasteiger partial charge on any atom is -0.497 e. The molecule has 0 aliphatic rings. The fourth-order valence-corrected chi connectivity index (χ4v) is 2.40. The van der Waals surface area contributed by atoms with Gasteiger partial charge in [-0.1, -0.05) is 6.07 Å². The highest BCUT2D eigenvalue weighted by Gasteiger charge is 2.10. The van der Waals surface area contributed by atoms with Crippen molar-refractivity contribution in [3.8, 4) is 11.5 Å². The summed E-state index contributed by atoms with van der Waals surface area (Å²) in [6.07, 6.45) is 0. The SMILES string of the molecule is COc1ccc(OC)c(NC(=O)CNc2cccc(C(=O)NC(C)C)c2)c1. The van der Waals surface area contributed by atoms with Crippen LogP contribution in [0.25, 0.3) is 0 Å². The second kappa shape index (κ2) is 9.47. The van der Waals surface area contributed by atoms with Gasteiger partial charge in [0, 0.05) is 23.4 Å². The Morgan fingerprint density at radius 2 is 1.81 bits per heavy atom. The zero-order valence-corrected chi connectivity index (χ0v) is 16.0. The molecule has 2 amide bonds. The summed E-state index contributed by atoms with van der Waals surface area (Å²) in [6.45, 7) is 3.84. The third kappa shape index (κ3) is 5.91. The summed E-state index contributed by atoms with van der Waals surface area (Å²) in [7, 11) is 3.08. The number of anilines is 2. The standard InChI is InChI=1S/C20H25N3O4/c1-13(2)22-20(25)14-6-5-7-15(10-14)21-12-19(24)23-17-11-16(26-3)8-9-18(17)27-4/h5-11,13,21H,12H2,1-4H3,(H,22,25)(H,23,24). The summed E-state index contributed by atoms with van der Waals surface area (Å²) in [4.78, 5) is 24.3. The number of rotatable bonds is 8. The average Bonchev–Trinajstić information content (AvgIpc) is 2.66. The van der Waals surface area contributed by atoms with E-state index in [0.29, 0.717) is 28.4 Å². The van der Waals surface area contributed by atoms with Crippen LogP contribution >= 0.6 is 0 Å². The first kappa shape index (κ1) is 20.1. The monoisotopic (exact) mass is 371 g/mol. The Kier molecular flexibility index (Phi) is 7.05. The van der Waals surface area contributed by atoms with E-state index >= 15 is 0 Å². The minimum atomic E-state index is -0.251. The minimum absolute atomic E-state index is 0.0373. The first-order valence-corrected chi connectivity index (χ1v) is 8.59. The first-order chi connectivity index (χ1) is 12.9. The van der Waals surface area contributed by atoms with Crippen LogP contribution in [0.15, 0.2) is 42.5 Å². The maximum Gasteiger partial charge on any atom is 0.251 e. The van der Waals surface area contributed by atoms with Crippen LogP contribution in [0, 0.1) is 0 Å². The van der Waals surface area contributed by atoms with Crippen molar-refractivity contribution in [2.24, 2.45) is 0 Å². The highest BCUT2D eigenvalue weighted by molar-refractivity contribution is 5.97. The molecule has 0 saturated carbocycles. The van der Waals surface area contributed by atoms with Crippen molar-refractivity contribution >= 4 is 23.2 Å². The molecule has 7 heteroatoms. The molecule has 0 fully saturated rings. The van der Waals surface area contributed by atoms with Crippen LogP contribution in [-0.2, 0) is 4.79 Å². The van der Waals surface area contributed by atoms with Crippen LogP contribution in [0.5, 0.6) is 11.5 Å². The van der Waals surface area contributed by atoms with Gasteiger partial charge in [-0.25, -0.2) is 0 Å². The molecule has 3 N–H and O–H groups in total. The molecule has 144 valence electrons. The van der Waals surface area contributed by atoms with Crippen molar-refractivity contribution in [3.05, 3.63) is 48.0 Å². The highest BCUT2D eigenvalue weighted by Crippen LogP contribution is 2.28. The molecule has 0 heterocycles. The van der Waals surface area contributed by atoms with Gasteiger partial charge in [-0.05, 0) is 44.2 Å². The van der Waals surface area contributed by atoms with Gasteiger partial charge in [0.2, 0.25) is 5.91 Å². The van der Waals surface area contributed by atoms with Crippen LogP contribution in [0.4, 0.5) is 11.4 Å². The smallest absolute Gasteiger partial charge is 0.251 e. The summed E-state index contributed by atoms with van der Waals surface area (Å²) >= 11 is 0. The lowest BCUT2D eigenvalue weighted by atomic mass is 10.1. The average molecular weight is 371 g/mol. The summed E-state index contributed by atoms with van der Waals surface area (Å²) in [5, 5.41) is 8.63. The third-order valence-corrected chi connectivity index (χ3v) is 3.68. The number of carbonyl (C=O) groups excluding carboxylic acids is 2. The Bertz CT molecular complexity index is 806. The molecule has 2 aromatic carbocycles. The van der Waals surface area contributed by atoms with Crippen LogP contribution in [0.2, 0.25) is 0 Å². The van der Waals surface area contributed by atoms with E-state index < -0.39 is 0 Å². The first-order valence-electron chi connectivity index (χ1n) is 8.59. The maximum absolute atomic E-state index is 12.3. The van der Waals surface area contributed by atoms with Gasteiger partial charge in [0.15, 0.2) is 0 Å². The lowest BCUT2D eigenvalue weighted by Gasteiger charge is -2.13. The topological polar surface area (TPSA) is 88.7 Å². The molecule has 0 saturated heterocycles. The molecule has 0 aliphatic heterocycles. The zero-order valence-electron chi connectivity index (χ0n) is 16.0. The fourth-order valence-electron chi connectivity index (χ4n) is 2.40. The summed E-state index contributed by atoms with van der Waals surface area (Å²) < 4.78 is 10.4. The number of benzene rings is 2. The Hall–Kier alpha value is -3.22. The predicted molar refractivity (Wildman–Crippen MR) is 106 cm³/mol. The van der Waals surface area contributed by atoms with Gasteiger partial charge in [0.25, 0.3) is 5.91 Å². The molecule has 0 atom stereocenters. The van der Waals surface area contributed by atoms with Gasteiger partial charge in [0.1, 0.15) is 11.5 Å². The number of amides is 2. The molecular weight excluding hydrogens is 346 g/mol. The zero-order chi connectivity index (χ0) is 19.8. The second-order valence-electron chi connectivity index (χ2n) is 6.18. The lowest BCUT2D eigenvalue weighted by molar-refractivity contribution is -0.114. The molecule has 0 bridgehead atoms. The fraction of sp³-hybridized carbons (Fsp3) is 0.300. The van der Waals surface area contributed by atoms with E-state index in [4.69, 9.17) is 9.47 Å². The molecule has 0 aromatic heterocycles. The van der Waals surface area contributed by atoms with Gasteiger partial charge in [-0.15, -0.1) is 0 Å². The van der Waals surface area contributed by atoms with Crippen LogP contribution in [-0.4, -0.2) is 38.6 Å². The number of hydrogen-bond donors (Lipinski definition) is 3. The second-order valence-corrected chi connectivity index (χ2v) is 6.18. The van der Waals surface area contributed by atoms with Crippen LogP contribution in [0.1, 0.15) is 24.2 Å². The van der Waals surface area contributed by atoms with Gasteiger partial charge in [-0.3, -0.25) is 9.59 Å². The summed E-state index contributed by atoms with van der Waals surface area (Å²) in [6, 6.07) is 12.2. The van der Waals surface area contributed by atoms with Crippen LogP contribution < -0.4 is 25.4 Å². The van der Waals surface area contributed by atoms with E-state index in [0.717, 1.165) is 0 Å². The number of carbonyl (C=O) groups is 2. The molecule has 0 unspecified atom stereocenters.